The highest BCUT2D eigenvalue weighted by atomic mass is 16.5. The van der Waals surface area contributed by atoms with Crippen molar-refractivity contribution in [1.29, 1.82) is 0 Å². The second kappa shape index (κ2) is 15.6. The molecule has 0 saturated heterocycles. The van der Waals surface area contributed by atoms with E-state index in [1.165, 1.54) is 6.42 Å². The maximum atomic E-state index is 12.6. The first-order chi connectivity index (χ1) is 14.5. The molecule has 0 aliphatic heterocycles. The summed E-state index contributed by atoms with van der Waals surface area (Å²) in [6.07, 6.45) is 7.89. The normalized spacial score (nSPS) is 16.3. The topological polar surface area (TPSA) is 146 Å². The molecule has 30 heavy (non-hydrogen) atoms. The molecule has 0 aromatic rings. The predicted octanol–water partition coefficient (Wildman–Crippen LogP) is -0.227. The fourth-order valence-corrected chi connectivity index (χ4v) is 3.46. The van der Waals surface area contributed by atoms with Crippen LogP contribution < -0.4 is 21.3 Å². The van der Waals surface area contributed by atoms with Crippen LogP contribution in [-0.4, -0.2) is 74.7 Å². The van der Waals surface area contributed by atoms with Crippen molar-refractivity contribution < 1.29 is 29.0 Å². The van der Waals surface area contributed by atoms with Gasteiger partial charge in [-0.1, -0.05) is 19.3 Å². The van der Waals surface area contributed by atoms with E-state index in [2.05, 4.69) is 21.3 Å². The monoisotopic (exact) mass is 428 g/mol. The van der Waals surface area contributed by atoms with Crippen molar-refractivity contribution in [2.75, 3.05) is 33.4 Å². The van der Waals surface area contributed by atoms with E-state index in [1.54, 1.807) is 7.05 Å². The minimum Gasteiger partial charge on any atom is -0.480 e. The molecule has 1 aliphatic rings. The van der Waals surface area contributed by atoms with Gasteiger partial charge in [0.15, 0.2) is 6.04 Å². The lowest BCUT2D eigenvalue weighted by molar-refractivity contribution is -0.144. The number of rotatable bonds is 16. The van der Waals surface area contributed by atoms with E-state index in [0.717, 1.165) is 25.7 Å². The third-order valence-corrected chi connectivity index (χ3v) is 5.10. The summed E-state index contributed by atoms with van der Waals surface area (Å²) in [5.74, 6) is -1.61. The zero-order valence-electron chi connectivity index (χ0n) is 17.8. The highest BCUT2D eigenvalue weighted by Crippen LogP contribution is 2.26. The molecule has 5 N–H and O–H groups in total. The Balaban J connectivity index is 2.44. The van der Waals surface area contributed by atoms with Crippen LogP contribution in [0.4, 0.5) is 0 Å². The van der Waals surface area contributed by atoms with Crippen LogP contribution in [0, 0.1) is 5.92 Å². The van der Waals surface area contributed by atoms with Gasteiger partial charge in [-0.2, -0.15) is 0 Å². The molecule has 1 saturated carbocycles. The van der Waals surface area contributed by atoms with Crippen LogP contribution in [0.1, 0.15) is 51.4 Å². The number of carbonyl (C=O) groups excluding carboxylic acids is 3. The van der Waals surface area contributed by atoms with Gasteiger partial charge in [0.2, 0.25) is 18.2 Å². The summed E-state index contributed by atoms with van der Waals surface area (Å²) < 4.78 is 5.34. The van der Waals surface area contributed by atoms with E-state index in [-0.39, 0.29) is 19.1 Å². The third-order valence-electron chi connectivity index (χ3n) is 5.10. The number of carbonyl (C=O) groups is 4. The summed E-state index contributed by atoms with van der Waals surface area (Å²) in [5, 5.41) is 19.9. The number of hydrogen-bond donors (Lipinski definition) is 5. The Morgan fingerprint density at radius 2 is 1.83 bits per heavy atom. The van der Waals surface area contributed by atoms with Crippen molar-refractivity contribution in [3.63, 3.8) is 0 Å². The van der Waals surface area contributed by atoms with Gasteiger partial charge in [0.05, 0.1) is 6.61 Å². The zero-order valence-corrected chi connectivity index (χ0v) is 17.8. The van der Waals surface area contributed by atoms with Gasteiger partial charge in [-0.05, 0) is 38.6 Å². The molecule has 10 nitrogen and oxygen atoms in total. The Morgan fingerprint density at radius 1 is 1.10 bits per heavy atom. The Labute approximate surface area is 177 Å². The van der Waals surface area contributed by atoms with Crippen LogP contribution in [0.15, 0.2) is 0 Å². The fourth-order valence-electron chi connectivity index (χ4n) is 3.46. The molecule has 0 aromatic carbocycles. The highest BCUT2D eigenvalue weighted by molar-refractivity contribution is 5.90. The van der Waals surface area contributed by atoms with E-state index in [0.29, 0.717) is 44.7 Å². The van der Waals surface area contributed by atoms with Crippen LogP contribution in [0.25, 0.3) is 0 Å². The minimum atomic E-state index is -1.21. The van der Waals surface area contributed by atoms with Crippen LogP contribution in [0.5, 0.6) is 0 Å². The molecule has 0 spiro atoms. The number of likely N-dealkylation sites (N-methyl/N-ethyl adjacent to an activating group) is 1. The van der Waals surface area contributed by atoms with E-state index >= 15 is 0 Å². The largest absolute Gasteiger partial charge is 0.480 e. The molecule has 1 rings (SSSR count). The van der Waals surface area contributed by atoms with Crippen LogP contribution in [-0.2, 0) is 23.9 Å². The first kappa shape index (κ1) is 25.8. The molecule has 1 aliphatic carbocycles. The molecular formula is C20H36N4O6. The van der Waals surface area contributed by atoms with Gasteiger partial charge in [0.1, 0.15) is 6.04 Å². The van der Waals surface area contributed by atoms with E-state index in [9.17, 15) is 24.3 Å². The molecule has 0 aromatic heterocycles. The number of unbranched alkanes of at least 4 members (excludes halogenated alkanes) is 1. The molecule has 0 bridgehead atoms. The second-order valence-electron chi connectivity index (χ2n) is 7.64. The minimum absolute atomic E-state index is 0.176. The fraction of sp³-hybridized carbons (Fsp3) is 0.800. The summed E-state index contributed by atoms with van der Waals surface area (Å²) in [6.45, 7) is 0.861. The molecule has 10 heteroatoms. The van der Waals surface area contributed by atoms with Gasteiger partial charge >= 0.3 is 5.97 Å². The van der Waals surface area contributed by atoms with E-state index in [4.69, 9.17) is 4.74 Å². The van der Waals surface area contributed by atoms with Crippen molar-refractivity contribution in [2.45, 2.75) is 63.5 Å². The maximum Gasteiger partial charge on any atom is 0.328 e. The third kappa shape index (κ3) is 11.1. The number of carboxylic acid groups (broad SMARTS) is 1. The first-order valence-corrected chi connectivity index (χ1v) is 10.7. The molecule has 0 heterocycles. The highest BCUT2D eigenvalue weighted by Gasteiger charge is 2.27. The number of hydrogen-bond acceptors (Lipinski definition) is 6. The van der Waals surface area contributed by atoms with Gasteiger partial charge < -0.3 is 31.1 Å². The molecular weight excluding hydrogens is 392 g/mol. The van der Waals surface area contributed by atoms with Crippen LogP contribution in [0.3, 0.4) is 0 Å². The standard InChI is InChI=1S/C20H36N4O6/c1-21-12-16(23-18(26)11-15-7-3-2-4-8-15)19(27)24-17(20(28)29)13-30-10-6-5-9-22-14-25/h14-17,21H,2-13H2,1H3,(H,22,25)(H,23,26)(H,24,27)(H,28,29). The van der Waals surface area contributed by atoms with Crippen molar-refractivity contribution in [3.8, 4) is 0 Å². The lowest BCUT2D eigenvalue weighted by Gasteiger charge is -2.24. The number of ether oxygens (including phenoxy) is 1. The predicted molar refractivity (Wildman–Crippen MR) is 111 cm³/mol. The Hall–Kier alpha value is -2.20. The summed E-state index contributed by atoms with van der Waals surface area (Å²) in [4.78, 5) is 46.5. The average molecular weight is 429 g/mol. The Kier molecular flexibility index (Phi) is 13.4. The SMILES string of the molecule is CNCC(NC(=O)CC1CCCCC1)C(=O)NC(COCCCCNC=O)C(=O)O. The summed E-state index contributed by atoms with van der Waals surface area (Å²) in [5.41, 5.74) is 0. The maximum absolute atomic E-state index is 12.6. The van der Waals surface area contributed by atoms with Crippen molar-refractivity contribution in [3.05, 3.63) is 0 Å². The van der Waals surface area contributed by atoms with Gasteiger partial charge in [0, 0.05) is 26.1 Å². The lowest BCUT2D eigenvalue weighted by atomic mass is 9.87. The number of carboxylic acids is 1. The van der Waals surface area contributed by atoms with Crippen molar-refractivity contribution in [2.24, 2.45) is 5.92 Å². The van der Waals surface area contributed by atoms with Gasteiger partial charge in [-0.3, -0.25) is 14.4 Å². The smallest absolute Gasteiger partial charge is 0.328 e. The van der Waals surface area contributed by atoms with E-state index in [1.807, 2.05) is 0 Å². The average Bonchev–Trinajstić information content (AvgIpc) is 2.72. The molecule has 2 atom stereocenters. The van der Waals surface area contributed by atoms with Crippen LogP contribution >= 0.6 is 0 Å². The molecule has 3 amide bonds. The van der Waals surface area contributed by atoms with Gasteiger partial charge in [-0.25, -0.2) is 4.79 Å². The van der Waals surface area contributed by atoms with E-state index < -0.39 is 24.0 Å². The molecule has 1 fully saturated rings. The quantitative estimate of drug-likeness (QED) is 0.169. The number of amides is 3. The number of nitrogens with one attached hydrogen (secondary N) is 4. The van der Waals surface area contributed by atoms with Gasteiger partial charge in [-0.15, -0.1) is 0 Å². The van der Waals surface area contributed by atoms with Gasteiger partial charge in [0.25, 0.3) is 0 Å². The zero-order chi connectivity index (χ0) is 22.2. The summed E-state index contributed by atoms with van der Waals surface area (Å²) in [6, 6.07) is -2.07. The molecule has 2 unspecified atom stereocenters. The second-order valence-corrected chi connectivity index (χ2v) is 7.64. The van der Waals surface area contributed by atoms with Crippen molar-refractivity contribution in [1.82, 2.24) is 21.3 Å². The molecule has 0 radical (unpaired) electrons. The Bertz CT molecular complexity index is 539. The van der Waals surface area contributed by atoms with Crippen molar-refractivity contribution >= 4 is 24.2 Å². The van der Waals surface area contributed by atoms with Crippen LogP contribution in [0.2, 0.25) is 0 Å². The number of aliphatic carboxylic acids is 1. The summed E-state index contributed by atoms with van der Waals surface area (Å²) >= 11 is 0. The molecule has 172 valence electrons. The first-order valence-electron chi connectivity index (χ1n) is 10.7. The Morgan fingerprint density at radius 3 is 2.47 bits per heavy atom. The summed E-state index contributed by atoms with van der Waals surface area (Å²) in [7, 11) is 1.66. The lowest BCUT2D eigenvalue weighted by Crippen LogP contribution is -2.56.